The Balaban J connectivity index is 2.16. The van der Waals surface area contributed by atoms with Crippen molar-refractivity contribution in [3.8, 4) is 0 Å². The van der Waals surface area contributed by atoms with Crippen LogP contribution in [0.3, 0.4) is 0 Å². The summed E-state index contributed by atoms with van der Waals surface area (Å²) in [6.45, 7) is 3.41. The molecule has 0 bridgehead atoms. The zero-order valence-corrected chi connectivity index (χ0v) is 12.6. The van der Waals surface area contributed by atoms with Gasteiger partial charge in [0.1, 0.15) is 4.90 Å². The van der Waals surface area contributed by atoms with E-state index >= 15 is 0 Å². The van der Waals surface area contributed by atoms with Crippen LogP contribution in [0.2, 0.25) is 5.02 Å². The van der Waals surface area contributed by atoms with Gasteiger partial charge in [0.15, 0.2) is 0 Å². The van der Waals surface area contributed by atoms with Crippen molar-refractivity contribution >= 4 is 27.3 Å². The van der Waals surface area contributed by atoms with E-state index in [9.17, 15) is 8.42 Å². The smallest absolute Gasteiger partial charge is 0.263 e. The van der Waals surface area contributed by atoms with E-state index in [0.717, 1.165) is 12.2 Å². The summed E-state index contributed by atoms with van der Waals surface area (Å²) in [6, 6.07) is 8.19. The highest BCUT2D eigenvalue weighted by Gasteiger charge is 2.16. The summed E-state index contributed by atoms with van der Waals surface area (Å²) in [5.41, 5.74) is 1.25. The summed E-state index contributed by atoms with van der Waals surface area (Å²) < 4.78 is 26.9. The molecule has 1 heterocycles. The third kappa shape index (κ3) is 3.75. The van der Waals surface area contributed by atoms with Crippen molar-refractivity contribution in [2.45, 2.75) is 18.4 Å². The van der Waals surface area contributed by atoms with Crippen LogP contribution >= 0.6 is 11.6 Å². The van der Waals surface area contributed by atoms with Crippen molar-refractivity contribution in [1.29, 1.82) is 0 Å². The van der Waals surface area contributed by atoms with Gasteiger partial charge < -0.3 is 10.3 Å². The fraction of sp³-hybridized carbons (Fsp3) is 0.231. The molecule has 20 heavy (non-hydrogen) atoms. The van der Waals surface area contributed by atoms with Gasteiger partial charge in [0.05, 0.1) is 5.69 Å². The molecule has 0 amide bonds. The Morgan fingerprint density at radius 3 is 2.80 bits per heavy atom. The fourth-order valence-electron chi connectivity index (χ4n) is 1.70. The number of sulfonamides is 1. The number of nitrogens with one attached hydrogen (secondary N) is 3. The van der Waals surface area contributed by atoms with Gasteiger partial charge in [-0.05, 0) is 30.8 Å². The molecule has 1 aromatic heterocycles. The van der Waals surface area contributed by atoms with Gasteiger partial charge >= 0.3 is 0 Å². The highest BCUT2D eigenvalue weighted by Crippen LogP contribution is 2.19. The molecular weight excluding hydrogens is 298 g/mol. The van der Waals surface area contributed by atoms with Crippen LogP contribution in [0.1, 0.15) is 12.6 Å². The van der Waals surface area contributed by atoms with E-state index in [4.69, 9.17) is 11.6 Å². The Morgan fingerprint density at radius 1 is 1.30 bits per heavy atom. The van der Waals surface area contributed by atoms with Gasteiger partial charge in [-0.25, -0.2) is 8.42 Å². The molecule has 108 valence electrons. The van der Waals surface area contributed by atoms with E-state index in [0.29, 0.717) is 17.3 Å². The maximum Gasteiger partial charge on any atom is 0.263 e. The summed E-state index contributed by atoms with van der Waals surface area (Å²) in [5, 5.41) is 3.60. The summed E-state index contributed by atoms with van der Waals surface area (Å²) >= 11 is 5.83. The van der Waals surface area contributed by atoms with Gasteiger partial charge in [-0.2, -0.15) is 0 Å². The molecule has 0 saturated carbocycles. The Morgan fingerprint density at radius 2 is 2.10 bits per heavy atom. The summed E-state index contributed by atoms with van der Waals surface area (Å²) in [7, 11) is -3.60. The van der Waals surface area contributed by atoms with Crippen LogP contribution in [0.15, 0.2) is 41.4 Å². The lowest BCUT2D eigenvalue weighted by molar-refractivity contribution is 0.601. The molecule has 0 aliphatic carbocycles. The Kier molecular flexibility index (Phi) is 4.69. The van der Waals surface area contributed by atoms with Crippen LogP contribution in [0.4, 0.5) is 5.69 Å². The number of H-pyrrole nitrogens is 1. The van der Waals surface area contributed by atoms with Gasteiger partial charge in [0.25, 0.3) is 10.0 Å². The standard InChI is InChI=1S/C13H16ClN3O2S/c1-2-15-8-12-7-13(9-16-12)20(18,19)17-11-5-3-4-10(14)6-11/h3-7,9,15-17H,2,8H2,1H3. The van der Waals surface area contributed by atoms with Crippen molar-refractivity contribution in [3.63, 3.8) is 0 Å². The van der Waals surface area contributed by atoms with Crippen molar-refractivity contribution in [2.75, 3.05) is 11.3 Å². The van der Waals surface area contributed by atoms with Crippen LogP contribution in [0.5, 0.6) is 0 Å². The van der Waals surface area contributed by atoms with E-state index in [1.54, 1.807) is 30.3 Å². The quantitative estimate of drug-likeness (QED) is 0.767. The molecule has 0 spiro atoms. The second-order valence-corrected chi connectivity index (χ2v) is 6.38. The molecule has 1 aromatic carbocycles. The third-order valence-corrected chi connectivity index (χ3v) is 4.26. The maximum absolute atomic E-state index is 12.2. The monoisotopic (exact) mass is 313 g/mol. The molecule has 0 fully saturated rings. The van der Waals surface area contributed by atoms with Crippen molar-refractivity contribution in [1.82, 2.24) is 10.3 Å². The molecular formula is C13H16ClN3O2S. The first-order valence-corrected chi connectivity index (χ1v) is 8.04. The van der Waals surface area contributed by atoms with Crippen LogP contribution < -0.4 is 10.0 Å². The van der Waals surface area contributed by atoms with Crippen LogP contribution in [0, 0.1) is 0 Å². The largest absolute Gasteiger partial charge is 0.363 e. The normalized spacial score (nSPS) is 11.5. The Hall–Kier alpha value is -1.50. The maximum atomic E-state index is 12.2. The lowest BCUT2D eigenvalue weighted by Crippen LogP contribution is -2.13. The number of anilines is 1. The number of rotatable bonds is 6. The van der Waals surface area contributed by atoms with Gasteiger partial charge in [0.2, 0.25) is 0 Å². The Labute approximate surface area is 123 Å². The minimum atomic E-state index is -3.60. The summed E-state index contributed by atoms with van der Waals surface area (Å²) in [4.78, 5) is 3.14. The van der Waals surface area contributed by atoms with Gasteiger partial charge in [-0.3, -0.25) is 4.72 Å². The third-order valence-electron chi connectivity index (χ3n) is 2.67. The molecule has 0 aliphatic heterocycles. The number of benzene rings is 1. The molecule has 0 radical (unpaired) electrons. The number of halogens is 1. The van der Waals surface area contributed by atoms with E-state index in [1.807, 2.05) is 6.92 Å². The number of hydrogen-bond donors (Lipinski definition) is 3. The van der Waals surface area contributed by atoms with Gasteiger partial charge in [-0.1, -0.05) is 24.6 Å². The second kappa shape index (κ2) is 6.30. The van der Waals surface area contributed by atoms with Crippen LogP contribution in [-0.2, 0) is 16.6 Å². The van der Waals surface area contributed by atoms with E-state index in [-0.39, 0.29) is 4.90 Å². The molecule has 0 unspecified atom stereocenters. The van der Waals surface area contributed by atoms with E-state index < -0.39 is 10.0 Å². The molecule has 0 saturated heterocycles. The minimum absolute atomic E-state index is 0.199. The molecule has 7 heteroatoms. The zero-order valence-electron chi connectivity index (χ0n) is 11.0. The first kappa shape index (κ1) is 14.9. The first-order valence-electron chi connectivity index (χ1n) is 6.17. The fourth-order valence-corrected chi connectivity index (χ4v) is 2.96. The topological polar surface area (TPSA) is 74.0 Å². The SMILES string of the molecule is CCNCc1cc(S(=O)(=O)Nc2cccc(Cl)c2)c[nH]1. The Bertz CT molecular complexity index is 682. The minimum Gasteiger partial charge on any atom is -0.363 e. The first-order chi connectivity index (χ1) is 9.51. The highest BCUT2D eigenvalue weighted by molar-refractivity contribution is 7.92. The molecule has 5 nitrogen and oxygen atoms in total. The van der Waals surface area contributed by atoms with Gasteiger partial charge in [-0.15, -0.1) is 0 Å². The van der Waals surface area contributed by atoms with Crippen molar-refractivity contribution in [2.24, 2.45) is 0 Å². The van der Waals surface area contributed by atoms with Gasteiger partial charge in [0, 0.05) is 23.5 Å². The lowest BCUT2D eigenvalue weighted by Gasteiger charge is -2.06. The lowest BCUT2D eigenvalue weighted by atomic mass is 10.3. The number of hydrogen-bond acceptors (Lipinski definition) is 3. The van der Waals surface area contributed by atoms with E-state index in [1.165, 1.54) is 6.20 Å². The molecule has 2 aromatic rings. The molecule has 3 N–H and O–H groups in total. The zero-order chi connectivity index (χ0) is 14.6. The predicted molar refractivity (Wildman–Crippen MR) is 80.4 cm³/mol. The number of aromatic nitrogens is 1. The summed E-state index contributed by atoms with van der Waals surface area (Å²) in [5.74, 6) is 0. The van der Waals surface area contributed by atoms with Crippen LogP contribution in [0.25, 0.3) is 0 Å². The highest BCUT2D eigenvalue weighted by atomic mass is 35.5. The molecule has 2 rings (SSSR count). The molecule has 0 aliphatic rings. The van der Waals surface area contributed by atoms with E-state index in [2.05, 4.69) is 15.0 Å². The summed E-state index contributed by atoms with van der Waals surface area (Å²) in [6.07, 6.45) is 1.47. The van der Waals surface area contributed by atoms with Crippen molar-refractivity contribution < 1.29 is 8.42 Å². The predicted octanol–water partition coefficient (Wildman–Crippen LogP) is 2.58. The number of aromatic amines is 1. The van der Waals surface area contributed by atoms with Crippen LogP contribution in [-0.4, -0.2) is 19.9 Å². The molecule has 0 atom stereocenters. The average Bonchev–Trinajstić information content (AvgIpc) is 2.85. The average molecular weight is 314 g/mol. The second-order valence-electron chi connectivity index (χ2n) is 4.26. The van der Waals surface area contributed by atoms with Crippen molar-refractivity contribution in [3.05, 3.63) is 47.2 Å².